The predicted octanol–water partition coefficient (Wildman–Crippen LogP) is 1.39. The molecule has 3 nitrogen and oxygen atoms in total. The molecule has 0 bridgehead atoms. The van der Waals surface area contributed by atoms with Gasteiger partial charge in [-0.3, -0.25) is 9.59 Å². The molecule has 14 heavy (non-hydrogen) atoms. The van der Waals surface area contributed by atoms with Crippen molar-refractivity contribution in [3.63, 3.8) is 0 Å². The van der Waals surface area contributed by atoms with Gasteiger partial charge in [0.05, 0.1) is 6.04 Å². The molecular formula is C11H13NO2. The summed E-state index contributed by atoms with van der Waals surface area (Å²) in [6.07, 6.45) is 0. The second-order valence-corrected chi connectivity index (χ2v) is 3.15. The third-order valence-electron chi connectivity index (χ3n) is 1.87. The van der Waals surface area contributed by atoms with Crippen molar-refractivity contribution in [1.29, 1.82) is 0 Å². The molecule has 1 N–H and O–H groups in total. The first-order valence-corrected chi connectivity index (χ1v) is 4.47. The van der Waals surface area contributed by atoms with E-state index in [0.717, 1.165) is 0 Å². The molecule has 3 heteroatoms. The minimum Gasteiger partial charge on any atom is -0.346 e. The molecule has 1 aromatic rings. The minimum atomic E-state index is -0.463. The highest BCUT2D eigenvalue weighted by molar-refractivity contribution is 6.01. The number of rotatable bonds is 3. The summed E-state index contributed by atoms with van der Waals surface area (Å²) in [4.78, 5) is 22.4. The molecule has 0 heterocycles. The van der Waals surface area contributed by atoms with Gasteiger partial charge < -0.3 is 5.32 Å². The molecule has 1 atom stereocenters. The zero-order valence-corrected chi connectivity index (χ0v) is 8.28. The molecule has 0 aliphatic rings. The second-order valence-electron chi connectivity index (χ2n) is 3.15. The highest BCUT2D eigenvalue weighted by atomic mass is 16.2. The summed E-state index contributed by atoms with van der Waals surface area (Å²) in [6.45, 7) is 3.07. The van der Waals surface area contributed by atoms with Gasteiger partial charge in [-0.15, -0.1) is 0 Å². The summed E-state index contributed by atoms with van der Waals surface area (Å²) in [6, 6.07) is 8.46. The average molecular weight is 191 g/mol. The Hall–Kier alpha value is -1.64. The van der Waals surface area contributed by atoms with Crippen LogP contribution in [0.2, 0.25) is 0 Å². The lowest BCUT2D eigenvalue weighted by Gasteiger charge is -2.10. The quantitative estimate of drug-likeness (QED) is 0.734. The van der Waals surface area contributed by atoms with Gasteiger partial charge in [0.2, 0.25) is 5.91 Å². The number of hydrogen-bond acceptors (Lipinski definition) is 2. The van der Waals surface area contributed by atoms with E-state index in [4.69, 9.17) is 0 Å². The highest BCUT2D eigenvalue weighted by Crippen LogP contribution is 2.02. The molecular weight excluding hydrogens is 178 g/mol. The normalized spacial score (nSPS) is 11.9. The molecule has 0 fully saturated rings. The van der Waals surface area contributed by atoms with Crippen LogP contribution >= 0.6 is 0 Å². The first kappa shape index (κ1) is 10.4. The van der Waals surface area contributed by atoms with Crippen LogP contribution in [0.25, 0.3) is 0 Å². The Morgan fingerprint density at radius 2 is 1.79 bits per heavy atom. The molecule has 0 radical (unpaired) electrons. The molecule has 0 spiro atoms. The molecule has 1 rings (SSSR count). The molecule has 1 aromatic carbocycles. The average Bonchev–Trinajstić information content (AvgIpc) is 2.17. The Morgan fingerprint density at radius 3 is 2.29 bits per heavy atom. The minimum absolute atomic E-state index is 0.0687. The van der Waals surface area contributed by atoms with Crippen LogP contribution in [0.15, 0.2) is 30.3 Å². The molecule has 0 saturated heterocycles. The van der Waals surface area contributed by atoms with E-state index in [1.807, 2.05) is 6.07 Å². The van der Waals surface area contributed by atoms with Gasteiger partial charge >= 0.3 is 0 Å². The van der Waals surface area contributed by atoms with Crippen molar-refractivity contribution < 1.29 is 9.59 Å². The van der Waals surface area contributed by atoms with Crippen molar-refractivity contribution in [2.75, 3.05) is 0 Å². The van der Waals surface area contributed by atoms with Crippen molar-refractivity contribution in [2.24, 2.45) is 0 Å². The number of ketones is 1. The largest absolute Gasteiger partial charge is 0.346 e. The standard InChI is InChI=1S/C11H13NO2/c1-8(12-9(2)13)11(14)10-6-4-3-5-7-10/h3-8H,1-2H3,(H,12,13)/t8-/m1/s1. The van der Waals surface area contributed by atoms with Crippen LogP contribution in [-0.2, 0) is 4.79 Å². The molecule has 1 amide bonds. The maximum Gasteiger partial charge on any atom is 0.217 e. The number of benzene rings is 1. The van der Waals surface area contributed by atoms with Crippen LogP contribution in [0.4, 0.5) is 0 Å². The van der Waals surface area contributed by atoms with E-state index in [9.17, 15) is 9.59 Å². The van der Waals surface area contributed by atoms with Gasteiger partial charge in [0, 0.05) is 12.5 Å². The lowest BCUT2D eigenvalue weighted by atomic mass is 10.1. The number of hydrogen-bond donors (Lipinski definition) is 1. The maximum absolute atomic E-state index is 11.7. The van der Waals surface area contributed by atoms with E-state index < -0.39 is 6.04 Å². The van der Waals surface area contributed by atoms with Crippen molar-refractivity contribution >= 4 is 11.7 Å². The van der Waals surface area contributed by atoms with Gasteiger partial charge in [0.25, 0.3) is 0 Å². The molecule has 0 aliphatic carbocycles. The Bertz CT molecular complexity index is 332. The topological polar surface area (TPSA) is 46.2 Å². The van der Waals surface area contributed by atoms with E-state index >= 15 is 0 Å². The van der Waals surface area contributed by atoms with E-state index in [1.54, 1.807) is 31.2 Å². The molecule has 74 valence electrons. The summed E-state index contributed by atoms with van der Waals surface area (Å²) < 4.78 is 0. The zero-order valence-electron chi connectivity index (χ0n) is 8.28. The SMILES string of the molecule is CC(=O)N[C@H](C)C(=O)c1ccccc1. The fourth-order valence-electron chi connectivity index (χ4n) is 1.22. The summed E-state index contributed by atoms with van der Waals surface area (Å²) in [5.74, 6) is -0.261. The summed E-state index contributed by atoms with van der Waals surface area (Å²) in [7, 11) is 0. The number of amides is 1. The van der Waals surface area contributed by atoms with E-state index in [0.29, 0.717) is 5.56 Å². The first-order valence-electron chi connectivity index (χ1n) is 4.47. The lowest BCUT2D eigenvalue weighted by Crippen LogP contribution is -2.37. The summed E-state index contributed by atoms with van der Waals surface area (Å²) >= 11 is 0. The van der Waals surface area contributed by atoms with Crippen LogP contribution in [0.1, 0.15) is 24.2 Å². The van der Waals surface area contributed by atoms with E-state index in [-0.39, 0.29) is 11.7 Å². The Balaban J connectivity index is 2.71. The van der Waals surface area contributed by atoms with Gasteiger partial charge in [-0.2, -0.15) is 0 Å². The van der Waals surface area contributed by atoms with Gasteiger partial charge in [-0.25, -0.2) is 0 Å². The van der Waals surface area contributed by atoms with Crippen molar-refractivity contribution in [2.45, 2.75) is 19.9 Å². The zero-order chi connectivity index (χ0) is 10.6. The molecule has 0 saturated carbocycles. The number of Topliss-reactive ketones (excluding diaryl/α,β-unsaturated/α-hetero) is 1. The third kappa shape index (κ3) is 2.69. The lowest BCUT2D eigenvalue weighted by molar-refractivity contribution is -0.119. The van der Waals surface area contributed by atoms with Gasteiger partial charge in [-0.05, 0) is 6.92 Å². The third-order valence-corrected chi connectivity index (χ3v) is 1.87. The second kappa shape index (κ2) is 4.56. The molecule has 0 aromatic heterocycles. The van der Waals surface area contributed by atoms with Gasteiger partial charge in [-0.1, -0.05) is 30.3 Å². The molecule has 0 unspecified atom stereocenters. The Labute approximate surface area is 83.1 Å². The summed E-state index contributed by atoms with van der Waals surface area (Å²) in [5, 5.41) is 2.55. The van der Waals surface area contributed by atoms with Crippen LogP contribution in [0.5, 0.6) is 0 Å². The number of carbonyl (C=O) groups is 2. The fraction of sp³-hybridized carbons (Fsp3) is 0.273. The smallest absolute Gasteiger partial charge is 0.217 e. The number of carbonyl (C=O) groups excluding carboxylic acids is 2. The van der Waals surface area contributed by atoms with Crippen LogP contribution < -0.4 is 5.32 Å². The van der Waals surface area contributed by atoms with Crippen molar-refractivity contribution in [3.05, 3.63) is 35.9 Å². The van der Waals surface area contributed by atoms with Gasteiger partial charge in [0.1, 0.15) is 0 Å². The van der Waals surface area contributed by atoms with Crippen LogP contribution in [-0.4, -0.2) is 17.7 Å². The fourth-order valence-corrected chi connectivity index (χ4v) is 1.22. The maximum atomic E-state index is 11.7. The Morgan fingerprint density at radius 1 is 1.21 bits per heavy atom. The monoisotopic (exact) mass is 191 g/mol. The summed E-state index contributed by atoms with van der Waals surface area (Å²) in [5.41, 5.74) is 0.619. The van der Waals surface area contributed by atoms with Crippen LogP contribution in [0, 0.1) is 0 Å². The predicted molar refractivity (Wildman–Crippen MR) is 54.1 cm³/mol. The van der Waals surface area contributed by atoms with E-state index in [2.05, 4.69) is 5.32 Å². The van der Waals surface area contributed by atoms with E-state index in [1.165, 1.54) is 6.92 Å². The molecule has 0 aliphatic heterocycles. The van der Waals surface area contributed by atoms with Crippen LogP contribution in [0.3, 0.4) is 0 Å². The van der Waals surface area contributed by atoms with Crippen molar-refractivity contribution in [1.82, 2.24) is 5.32 Å². The first-order chi connectivity index (χ1) is 6.61. The highest BCUT2D eigenvalue weighted by Gasteiger charge is 2.14. The number of nitrogens with one attached hydrogen (secondary N) is 1. The Kier molecular flexibility index (Phi) is 3.40. The van der Waals surface area contributed by atoms with Crippen molar-refractivity contribution in [3.8, 4) is 0 Å². The van der Waals surface area contributed by atoms with Gasteiger partial charge in [0.15, 0.2) is 5.78 Å².